The normalized spacial score (nSPS) is 24.8. The van der Waals surface area contributed by atoms with Crippen molar-refractivity contribution in [2.24, 2.45) is 5.92 Å². The van der Waals surface area contributed by atoms with Gasteiger partial charge in [0, 0.05) is 0 Å². The maximum atomic E-state index is 11.1. The van der Waals surface area contributed by atoms with Gasteiger partial charge in [-0.3, -0.25) is 4.57 Å². The molecule has 2 atom stereocenters. The number of rotatable bonds is 6. The summed E-state index contributed by atoms with van der Waals surface area (Å²) in [6.07, 6.45) is 4.02. The average molecular weight is 327 g/mol. The van der Waals surface area contributed by atoms with E-state index in [4.69, 9.17) is 20.3 Å². The van der Waals surface area contributed by atoms with Crippen molar-refractivity contribution in [3.05, 3.63) is 12.7 Å². The molecule has 1 aliphatic carbocycles. The van der Waals surface area contributed by atoms with Crippen LogP contribution in [0.25, 0.3) is 11.2 Å². The van der Waals surface area contributed by atoms with Gasteiger partial charge in [0.15, 0.2) is 11.5 Å². The van der Waals surface area contributed by atoms with E-state index in [9.17, 15) is 4.57 Å². The van der Waals surface area contributed by atoms with Gasteiger partial charge in [0.2, 0.25) is 0 Å². The Bertz CT molecular complexity index is 744. The van der Waals surface area contributed by atoms with Crippen LogP contribution in [0.2, 0.25) is 0 Å². The van der Waals surface area contributed by atoms with E-state index in [1.54, 1.807) is 10.9 Å². The molecule has 2 heterocycles. The standard InChI is InChI=1S/C12H18N5O4P/c1-2-8-3-12(8,21-7-22(18,19)20)4-17-6-16-9-10(13)14-5-15-11(9)17/h5-6,8H,2-4,7H2,1H3,(H2,13,14,15)(H2,18,19,20)/t8-,12+/m0/s1. The number of ether oxygens (including phenoxy) is 1. The Hall–Kier alpha value is -1.54. The summed E-state index contributed by atoms with van der Waals surface area (Å²) in [5, 5.41) is 0. The van der Waals surface area contributed by atoms with Gasteiger partial charge in [0.1, 0.15) is 18.2 Å². The summed E-state index contributed by atoms with van der Waals surface area (Å²) < 4.78 is 18.4. The van der Waals surface area contributed by atoms with Crippen LogP contribution in [0.5, 0.6) is 0 Å². The summed E-state index contributed by atoms with van der Waals surface area (Å²) in [6, 6.07) is 0. The molecule has 0 amide bonds. The lowest BCUT2D eigenvalue weighted by Crippen LogP contribution is -2.25. The molecule has 0 radical (unpaired) electrons. The van der Waals surface area contributed by atoms with Crippen LogP contribution in [-0.2, 0) is 15.8 Å². The smallest absolute Gasteiger partial charge is 0.351 e. The van der Waals surface area contributed by atoms with Gasteiger partial charge < -0.3 is 24.8 Å². The molecule has 1 saturated carbocycles. The summed E-state index contributed by atoms with van der Waals surface area (Å²) in [5.74, 6) is 0.562. The topological polar surface area (TPSA) is 136 Å². The van der Waals surface area contributed by atoms with Gasteiger partial charge >= 0.3 is 7.60 Å². The summed E-state index contributed by atoms with van der Waals surface area (Å²) in [7, 11) is -4.20. The molecular weight excluding hydrogens is 309 g/mol. The first-order valence-corrected chi connectivity index (χ1v) is 8.74. The molecule has 0 bridgehead atoms. The van der Waals surface area contributed by atoms with Gasteiger partial charge in [-0.05, 0) is 12.3 Å². The van der Waals surface area contributed by atoms with Crippen molar-refractivity contribution in [2.45, 2.75) is 31.9 Å². The Kier molecular flexibility index (Phi) is 3.68. The minimum Gasteiger partial charge on any atom is -0.382 e. The van der Waals surface area contributed by atoms with Gasteiger partial charge in [-0.2, -0.15) is 0 Å². The number of hydrogen-bond acceptors (Lipinski definition) is 6. The first-order chi connectivity index (χ1) is 10.3. The Morgan fingerprint density at radius 3 is 2.91 bits per heavy atom. The fourth-order valence-electron chi connectivity index (χ4n) is 2.81. The number of anilines is 1. The highest BCUT2D eigenvalue weighted by atomic mass is 31.2. The third kappa shape index (κ3) is 2.85. The lowest BCUT2D eigenvalue weighted by atomic mass is 10.2. The van der Waals surface area contributed by atoms with Gasteiger partial charge in [0.25, 0.3) is 0 Å². The number of aromatic nitrogens is 4. The highest BCUT2D eigenvalue weighted by molar-refractivity contribution is 7.51. The molecule has 1 aliphatic rings. The van der Waals surface area contributed by atoms with Crippen molar-refractivity contribution >= 4 is 24.6 Å². The lowest BCUT2D eigenvalue weighted by Gasteiger charge is -2.19. The van der Waals surface area contributed by atoms with Gasteiger partial charge in [0.05, 0.1) is 18.5 Å². The van der Waals surface area contributed by atoms with Crippen LogP contribution >= 0.6 is 7.60 Å². The Balaban J connectivity index is 1.85. The summed E-state index contributed by atoms with van der Waals surface area (Å²) >= 11 is 0. The zero-order valence-corrected chi connectivity index (χ0v) is 13.0. The molecule has 0 unspecified atom stereocenters. The van der Waals surface area contributed by atoms with E-state index >= 15 is 0 Å². The monoisotopic (exact) mass is 327 g/mol. The van der Waals surface area contributed by atoms with E-state index < -0.39 is 19.5 Å². The molecule has 120 valence electrons. The van der Waals surface area contributed by atoms with Crippen molar-refractivity contribution in [3.8, 4) is 0 Å². The van der Waals surface area contributed by atoms with Crippen molar-refractivity contribution in [1.29, 1.82) is 0 Å². The minimum absolute atomic E-state index is 0.260. The minimum atomic E-state index is -4.20. The number of nitrogens with two attached hydrogens (primary N) is 1. The number of fused-ring (bicyclic) bond motifs is 1. The molecule has 10 heteroatoms. The van der Waals surface area contributed by atoms with Crippen molar-refractivity contribution in [2.75, 3.05) is 12.1 Å². The zero-order chi connectivity index (χ0) is 16.0. The van der Waals surface area contributed by atoms with Crippen molar-refractivity contribution in [3.63, 3.8) is 0 Å². The zero-order valence-electron chi connectivity index (χ0n) is 12.1. The summed E-state index contributed by atoms with van der Waals surface area (Å²) in [5.41, 5.74) is 6.28. The van der Waals surface area contributed by atoms with E-state index in [1.807, 2.05) is 6.92 Å². The fourth-order valence-corrected chi connectivity index (χ4v) is 3.23. The second-order valence-electron chi connectivity index (χ2n) is 5.62. The summed E-state index contributed by atoms with van der Waals surface area (Å²) in [6.45, 7) is 2.46. The van der Waals surface area contributed by atoms with Crippen LogP contribution in [0.15, 0.2) is 12.7 Å². The molecule has 2 aromatic heterocycles. The number of hydrogen-bond donors (Lipinski definition) is 3. The second-order valence-corrected chi connectivity index (χ2v) is 7.20. The quantitative estimate of drug-likeness (QED) is 0.660. The fraction of sp³-hybridized carbons (Fsp3) is 0.583. The number of nitrogen functional groups attached to an aromatic ring is 1. The molecular formula is C12H18N5O4P. The van der Waals surface area contributed by atoms with Gasteiger partial charge in [-0.15, -0.1) is 0 Å². The van der Waals surface area contributed by atoms with Crippen LogP contribution in [0, 0.1) is 5.92 Å². The second kappa shape index (κ2) is 5.27. The lowest BCUT2D eigenvalue weighted by molar-refractivity contribution is 0.0281. The van der Waals surface area contributed by atoms with E-state index in [0.717, 1.165) is 12.8 Å². The van der Waals surface area contributed by atoms with Gasteiger partial charge in [-0.1, -0.05) is 13.3 Å². The van der Waals surface area contributed by atoms with Crippen LogP contribution in [0.1, 0.15) is 19.8 Å². The predicted octanol–water partition coefficient (Wildman–Crippen LogP) is 0.729. The van der Waals surface area contributed by atoms with Crippen LogP contribution in [0.4, 0.5) is 5.82 Å². The van der Waals surface area contributed by atoms with Crippen LogP contribution in [-0.4, -0.2) is 41.3 Å². The Morgan fingerprint density at radius 2 is 2.27 bits per heavy atom. The van der Waals surface area contributed by atoms with Crippen LogP contribution < -0.4 is 5.73 Å². The first kappa shape index (κ1) is 15.4. The maximum absolute atomic E-state index is 11.1. The van der Waals surface area contributed by atoms with Crippen molar-refractivity contribution in [1.82, 2.24) is 19.5 Å². The van der Waals surface area contributed by atoms with E-state index in [0.29, 0.717) is 23.5 Å². The highest BCUT2D eigenvalue weighted by Crippen LogP contribution is 2.52. The number of imidazole rings is 1. The molecule has 9 nitrogen and oxygen atoms in total. The van der Waals surface area contributed by atoms with Crippen LogP contribution in [0.3, 0.4) is 0 Å². The predicted molar refractivity (Wildman–Crippen MR) is 78.9 cm³/mol. The van der Waals surface area contributed by atoms with E-state index in [-0.39, 0.29) is 5.92 Å². The molecule has 4 N–H and O–H groups in total. The molecule has 0 aromatic carbocycles. The molecule has 0 spiro atoms. The van der Waals surface area contributed by atoms with E-state index in [2.05, 4.69) is 15.0 Å². The third-order valence-electron chi connectivity index (χ3n) is 4.06. The highest BCUT2D eigenvalue weighted by Gasteiger charge is 2.55. The Morgan fingerprint density at radius 1 is 1.50 bits per heavy atom. The molecule has 0 saturated heterocycles. The first-order valence-electron chi connectivity index (χ1n) is 6.94. The largest absolute Gasteiger partial charge is 0.382 e. The molecule has 22 heavy (non-hydrogen) atoms. The van der Waals surface area contributed by atoms with E-state index in [1.165, 1.54) is 6.33 Å². The summed E-state index contributed by atoms with van der Waals surface area (Å²) in [4.78, 5) is 30.3. The molecule has 2 aromatic rings. The van der Waals surface area contributed by atoms with Crippen molar-refractivity contribution < 1.29 is 19.1 Å². The molecule has 3 rings (SSSR count). The SMILES string of the molecule is CC[C@H]1C[C@]1(Cn1cnc2c(N)ncnc21)OCP(=O)(O)O. The number of nitrogens with zero attached hydrogens (tertiary/aromatic N) is 4. The third-order valence-corrected chi connectivity index (χ3v) is 4.52. The average Bonchev–Trinajstić information content (AvgIpc) is 3.00. The maximum Gasteiger partial charge on any atom is 0.351 e. The van der Waals surface area contributed by atoms with Gasteiger partial charge in [-0.25, -0.2) is 15.0 Å². The Labute approximate surface area is 126 Å². The molecule has 1 fully saturated rings. The molecule has 0 aliphatic heterocycles.